The minimum Gasteiger partial charge on any atom is -0.385 e. The Labute approximate surface area is 135 Å². The molecule has 20 heavy (non-hydrogen) atoms. The van der Waals surface area contributed by atoms with Gasteiger partial charge in [0, 0.05) is 39.0 Å². The summed E-state index contributed by atoms with van der Waals surface area (Å²) >= 11 is 0. The van der Waals surface area contributed by atoms with Crippen molar-refractivity contribution < 1.29 is 4.74 Å². The molecule has 118 valence electrons. The maximum absolute atomic E-state index is 5.02. The van der Waals surface area contributed by atoms with Gasteiger partial charge in [-0.25, -0.2) is 0 Å². The molecule has 0 aliphatic carbocycles. The highest BCUT2D eigenvalue weighted by Crippen LogP contribution is 2.14. The summed E-state index contributed by atoms with van der Waals surface area (Å²) in [6, 6.07) is 8.83. The Kier molecular flexibility index (Phi) is 14.7. The van der Waals surface area contributed by atoms with Gasteiger partial charge in [-0.05, 0) is 44.5 Å². The number of ether oxygens (including phenoxy) is 1. The molecule has 1 rings (SSSR count). The van der Waals surface area contributed by atoms with Crippen LogP contribution >= 0.6 is 24.8 Å². The van der Waals surface area contributed by atoms with E-state index in [1.54, 1.807) is 7.11 Å². The van der Waals surface area contributed by atoms with Crippen LogP contribution in [0.3, 0.4) is 0 Å². The van der Waals surface area contributed by atoms with E-state index in [4.69, 9.17) is 4.74 Å². The van der Waals surface area contributed by atoms with Crippen LogP contribution in [0.15, 0.2) is 24.3 Å². The number of nitrogens with one attached hydrogen (secondary N) is 1. The second-order valence-corrected chi connectivity index (χ2v) is 4.36. The van der Waals surface area contributed by atoms with Crippen LogP contribution in [0.25, 0.3) is 0 Å². The van der Waals surface area contributed by atoms with Crippen LogP contribution in [0, 0.1) is 0 Å². The highest BCUT2D eigenvalue weighted by atomic mass is 35.5. The van der Waals surface area contributed by atoms with Crippen molar-refractivity contribution in [3.8, 4) is 0 Å². The third-order valence-corrected chi connectivity index (χ3v) is 3.10. The van der Waals surface area contributed by atoms with E-state index in [0.29, 0.717) is 0 Å². The van der Waals surface area contributed by atoms with E-state index in [1.165, 1.54) is 11.3 Å². The molecule has 1 aromatic carbocycles. The van der Waals surface area contributed by atoms with Gasteiger partial charge >= 0.3 is 0 Å². The zero-order chi connectivity index (χ0) is 13.2. The van der Waals surface area contributed by atoms with Crippen LogP contribution in [-0.2, 0) is 11.3 Å². The van der Waals surface area contributed by atoms with Crippen molar-refractivity contribution in [1.29, 1.82) is 0 Å². The number of methoxy groups -OCH3 is 1. The van der Waals surface area contributed by atoms with Gasteiger partial charge in [-0.15, -0.1) is 24.8 Å². The summed E-state index contributed by atoms with van der Waals surface area (Å²) < 4.78 is 5.02. The van der Waals surface area contributed by atoms with E-state index < -0.39 is 0 Å². The summed E-state index contributed by atoms with van der Waals surface area (Å²) in [6.45, 7) is 9.27. The van der Waals surface area contributed by atoms with Crippen LogP contribution < -0.4 is 10.2 Å². The fourth-order valence-corrected chi connectivity index (χ4v) is 1.99. The normalized spacial score (nSPS) is 9.55. The monoisotopic (exact) mass is 322 g/mol. The minimum atomic E-state index is 0. The molecule has 0 fully saturated rings. The summed E-state index contributed by atoms with van der Waals surface area (Å²) in [4.78, 5) is 2.36. The number of halogens is 2. The molecule has 1 N–H and O–H groups in total. The second kappa shape index (κ2) is 13.5. The first-order chi connectivity index (χ1) is 8.81. The molecule has 1 aromatic rings. The van der Waals surface area contributed by atoms with Crippen molar-refractivity contribution in [3.05, 3.63) is 29.8 Å². The molecule has 0 spiro atoms. The third-order valence-electron chi connectivity index (χ3n) is 3.10. The maximum atomic E-state index is 5.02. The lowest BCUT2D eigenvalue weighted by Crippen LogP contribution is -2.21. The minimum absolute atomic E-state index is 0. The topological polar surface area (TPSA) is 24.5 Å². The molecule has 5 heteroatoms. The largest absolute Gasteiger partial charge is 0.385 e. The van der Waals surface area contributed by atoms with E-state index in [2.05, 4.69) is 48.3 Å². The van der Waals surface area contributed by atoms with Crippen LogP contribution in [0.2, 0.25) is 0 Å². The molecule has 0 amide bonds. The van der Waals surface area contributed by atoms with E-state index >= 15 is 0 Å². The number of anilines is 1. The van der Waals surface area contributed by atoms with Crippen LogP contribution in [0.5, 0.6) is 0 Å². The van der Waals surface area contributed by atoms with Crippen molar-refractivity contribution in [2.45, 2.75) is 26.8 Å². The van der Waals surface area contributed by atoms with Gasteiger partial charge in [-0.3, -0.25) is 0 Å². The Bertz CT molecular complexity index is 316. The van der Waals surface area contributed by atoms with Gasteiger partial charge < -0.3 is 15.0 Å². The van der Waals surface area contributed by atoms with Gasteiger partial charge in [0.25, 0.3) is 0 Å². The lowest BCUT2D eigenvalue weighted by Gasteiger charge is -2.21. The van der Waals surface area contributed by atoms with E-state index in [-0.39, 0.29) is 24.8 Å². The van der Waals surface area contributed by atoms with E-state index in [0.717, 1.165) is 39.2 Å². The molecule has 0 aromatic heterocycles. The molecule has 0 aliphatic heterocycles. The van der Waals surface area contributed by atoms with E-state index in [1.807, 2.05) is 0 Å². The first kappa shape index (κ1) is 21.8. The quantitative estimate of drug-likeness (QED) is 0.704. The van der Waals surface area contributed by atoms with E-state index in [9.17, 15) is 0 Å². The van der Waals surface area contributed by atoms with Gasteiger partial charge in [-0.1, -0.05) is 12.1 Å². The lowest BCUT2D eigenvalue weighted by molar-refractivity contribution is 0.194. The highest BCUT2D eigenvalue weighted by Gasteiger charge is 2.00. The molecule has 0 aliphatic rings. The van der Waals surface area contributed by atoms with Gasteiger partial charge in [0.2, 0.25) is 0 Å². The fraction of sp³-hybridized carbons (Fsp3) is 0.600. The molecule has 0 bridgehead atoms. The van der Waals surface area contributed by atoms with Crippen molar-refractivity contribution in [3.63, 3.8) is 0 Å². The Morgan fingerprint density at radius 2 is 1.65 bits per heavy atom. The molecule has 0 saturated heterocycles. The molecule has 0 saturated carbocycles. The van der Waals surface area contributed by atoms with Crippen molar-refractivity contribution in [2.24, 2.45) is 0 Å². The number of nitrogens with zero attached hydrogens (tertiary/aromatic N) is 1. The fourth-order valence-electron chi connectivity index (χ4n) is 1.99. The van der Waals surface area contributed by atoms with Gasteiger partial charge in [0.05, 0.1) is 0 Å². The predicted octanol–water partition coefficient (Wildman–Crippen LogP) is 3.50. The summed E-state index contributed by atoms with van der Waals surface area (Å²) in [5.74, 6) is 0. The first-order valence-corrected chi connectivity index (χ1v) is 6.85. The Morgan fingerprint density at radius 3 is 2.15 bits per heavy atom. The van der Waals surface area contributed by atoms with Gasteiger partial charge in [-0.2, -0.15) is 0 Å². The molecule has 0 atom stereocenters. The molecule has 0 radical (unpaired) electrons. The maximum Gasteiger partial charge on any atom is 0.0474 e. The summed E-state index contributed by atoms with van der Waals surface area (Å²) in [6.07, 6.45) is 1.06. The molecule has 0 unspecified atom stereocenters. The second-order valence-electron chi connectivity index (χ2n) is 4.36. The van der Waals surface area contributed by atoms with Crippen molar-refractivity contribution >= 4 is 30.5 Å². The standard InChI is InChI=1S/C15H26N2O.2ClH/c1-4-17(5-2)15-9-7-14(8-10-15)13-16-11-6-12-18-3;;/h7-10,16H,4-6,11-13H2,1-3H3;2*1H. The summed E-state index contributed by atoms with van der Waals surface area (Å²) in [5.41, 5.74) is 2.64. The van der Waals surface area contributed by atoms with Crippen LogP contribution in [0.1, 0.15) is 25.8 Å². The molecular formula is C15H28Cl2N2O. The third kappa shape index (κ3) is 7.95. The number of hydrogen-bond donors (Lipinski definition) is 1. The van der Waals surface area contributed by atoms with Crippen molar-refractivity contribution in [1.82, 2.24) is 5.32 Å². The zero-order valence-electron chi connectivity index (χ0n) is 12.7. The zero-order valence-corrected chi connectivity index (χ0v) is 14.4. The Balaban J connectivity index is 0. The average Bonchev–Trinajstić information content (AvgIpc) is 2.41. The summed E-state index contributed by atoms with van der Waals surface area (Å²) in [5, 5.41) is 3.42. The molecule has 3 nitrogen and oxygen atoms in total. The Morgan fingerprint density at radius 1 is 1.05 bits per heavy atom. The highest BCUT2D eigenvalue weighted by molar-refractivity contribution is 5.85. The molecular weight excluding hydrogens is 295 g/mol. The van der Waals surface area contributed by atoms with Gasteiger partial charge in [0.1, 0.15) is 0 Å². The van der Waals surface area contributed by atoms with Crippen LogP contribution in [-0.4, -0.2) is 33.4 Å². The first-order valence-electron chi connectivity index (χ1n) is 6.85. The summed E-state index contributed by atoms with van der Waals surface area (Å²) in [7, 11) is 1.74. The average molecular weight is 323 g/mol. The SMILES string of the molecule is CCN(CC)c1ccc(CNCCCOC)cc1.Cl.Cl. The lowest BCUT2D eigenvalue weighted by atomic mass is 10.2. The predicted molar refractivity (Wildman–Crippen MR) is 92.7 cm³/mol. The van der Waals surface area contributed by atoms with Crippen LogP contribution in [0.4, 0.5) is 5.69 Å². The smallest absolute Gasteiger partial charge is 0.0474 e. The number of rotatable bonds is 9. The Hall–Kier alpha value is -0.480. The van der Waals surface area contributed by atoms with Crippen molar-refractivity contribution in [2.75, 3.05) is 38.3 Å². The van der Waals surface area contributed by atoms with Gasteiger partial charge in [0.15, 0.2) is 0 Å². The molecule has 0 heterocycles. The number of hydrogen-bond acceptors (Lipinski definition) is 3. The number of benzene rings is 1.